The van der Waals surface area contributed by atoms with Gasteiger partial charge in [0.15, 0.2) is 0 Å². The van der Waals surface area contributed by atoms with Crippen LogP contribution in [0.3, 0.4) is 0 Å². The van der Waals surface area contributed by atoms with Crippen molar-refractivity contribution in [1.29, 1.82) is 0 Å². The maximum Gasteiger partial charge on any atom is 0.239 e. The summed E-state index contributed by atoms with van der Waals surface area (Å²) in [7, 11) is 3.49. The van der Waals surface area contributed by atoms with Gasteiger partial charge in [0.25, 0.3) is 0 Å². The van der Waals surface area contributed by atoms with Crippen LogP contribution in [0.15, 0.2) is 59.0 Å². The van der Waals surface area contributed by atoms with Gasteiger partial charge in [-0.2, -0.15) is 0 Å². The van der Waals surface area contributed by atoms with Crippen LogP contribution in [0.4, 0.5) is 0 Å². The lowest BCUT2D eigenvalue weighted by Gasteiger charge is -2.23. The van der Waals surface area contributed by atoms with E-state index < -0.39 is 0 Å². The molecule has 0 radical (unpaired) electrons. The summed E-state index contributed by atoms with van der Waals surface area (Å²) >= 11 is 1.64. The van der Waals surface area contributed by atoms with E-state index in [1.54, 1.807) is 24.9 Å². The van der Waals surface area contributed by atoms with E-state index in [0.29, 0.717) is 0 Å². The molecule has 1 N–H and O–H groups in total. The zero-order chi connectivity index (χ0) is 18.7. The van der Waals surface area contributed by atoms with E-state index in [2.05, 4.69) is 50.5 Å². The lowest BCUT2D eigenvalue weighted by molar-refractivity contribution is -0.121. The summed E-state index contributed by atoms with van der Waals surface area (Å²) in [5, 5.41) is 2.62. The van der Waals surface area contributed by atoms with Crippen molar-refractivity contribution < 1.29 is 4.79 Å². The number of hydrogen-bond donors (Lipinski definition) is 1. The Balaban J connectivity index is 0.00000254. The first kappa shape index (κ1) is 22.1. The van der Waals surface area contributed by atoms with Crippen LogP contribution in [0.5, 0.6) is 0 Å². The lowest BCUT2D eigenvalue weighted by atomic mass is 10.2. The Kier molecular flexibility index (Phi) is 10.6. The minimum Gasteiger partial charge on any atom is -0.365 e. The zero-order valence-corrected chi connectivity index (χ0v) is 16.6. The van der Waals surface area contributed by atoms with Gasteiger partial charge in [-0.3, -0.25) is 4.79 Å². The van der Waals surface area contributed by atoms with E-state index in [1.807, 2.05) is 31.9 Å². The van der Waals surface area contributed by atoms with Gasteiger partial charge in [-0.15, -0.1) is 0 Å². The van der Waals surface area contributed by atoms with Gasteiger partial charge in [0.05, 0.1) is 6.54 Å². The molecule has 1 amide bonds. The summed E-state index contributed by atoms with van der Waals surface area (Å²) in [5.74, 6) is -0.0434. The van der Waals surface area contributed by atoms with Crippen molar-refractivity contribution in [3.05, 3.63) is 65.2 Å². The molecule has 24 heavy (non-hydrogen) atoms. The van der Waals surface area contributed by atoms with Crippen molar-refractivity contribution in [2.75, 3.05) is 20.6 Å². The number of nitrogens with one attached hydrogen (secondary N) is 1. The minimum atomic E-state index is -0.0434. The maximum absolute atomic E-state index is 11.5. The molecule has 0 aliphatic heterocycles. The van der Waals surface area contributed by atoms with Gasteiger partial charge in [0.1, 0.15) is 0 Å². The third-order valence-corrected chi connectivity index (χ3v) is 4.49. The predicted octanol–water partition coefficient (Wildman–Crippen LogP) is 4.68. The molecule has 0 heterocycles. The van der Waals surface area contributed by atoms with Crippen LogP contribution in [-0.4, -0.2) is 31.4 Å². The fourth-order valence-electron chi connectivity index (χ4n) is 1.91. The molecule has 0 spiro atoms. The van der Waals surface area contributed by atoms with Gasteiger partial charge in [-0.25, -0.2) is 0 Å². The second-order valence-corrected chi connectivity index (χ2v) is 6.20. The molecule has 0 saturated heterocycles. The topological polar surface area (TPSA) is 32.3 Å². The molecule has 0 aromatic heterocycles. The van der Waals surface area contributed by atoms with Crippen LogP contribution in [-0.2, 0) is 4.79 Å². The molecule has 0 atom stereocenters. The van der Waals surface area contributed by atoms with Crippen molar-refractivity contribution in [3.8, 4) is 0 Å². The minimum absolute atomic E-state index is 0.0434. The van der Waals surface area contributed by atoms with E-state index >= 15 is 0 Å². The summed E-state index contributed by atoms with van der Waals surface area (Å²) in [6.45, 7) is 16.3. The molecule has 1 aromatic rings. The molecule has 0 aliphatic carbocycles. The molecule has 132 valence electrons. The number of carbonyl (C=O) groups excluding carboxylic acids is 1. The molecule has 1 rings (SSSR count). The Hall–Kier alpha value is -1.94. The molecular weight excluding hydrogens is 316 g/mol. The fourth-order valence-corrected chi connectivity index (χ4v) is 2.94. The standard InChI is InChI=1S/C18H24N2OS.C2H6/c1-7-8-17(15(4)20(6)12-18(21)19-5)22-16-10-9-13(2)11-14(16)3;1-2/h7-11H,1,4,12H2,2-3,5-6H3,(H,19,21);1-2H3/b17-8+;. The van der Waals surface area contributed by atoms with Crippen LogP contribution in [0.25, 0.3) is 0 Å². The summed E-state index contributed by atoms with van der Waals surface area (Å²) in [5.41, 5.74) is 3.27. The largest absolute Gasteiger partial charge is 0.365 e. The second-order valence-electron chi connectivity index (χ2n) is 5.11. The van der Waals surface area contributed by atoms with Crippen LogP contribution >= 0.6 is 11.8 Å². The van der Waals surface area contributed by atoms with Crippen LogP contribution < -0.4 is 5.32 Å². The first-order valence-corrected chi connectivity index (χ1v) is 8.89. The SMILES string of the molecule is C=C/C=C(/Sc1ccc(C)cc1C)C(=C)N(C)CC(=O)NC.CC. The number of thioether (sulfide) groups is 1. The number of allylic oxidation sites excluding steroid dienone is 2. The number of rotatable bonds is 7. The average Bonchev–Trinajstić information content (AvgIpc) is 2.57. The van der Waals surface area contributed by atoms with E-state index in [4.69, 9.17) is 0 Å². The highest BCUT2D eigenvalue weighted by molar-refractivity contribution is 8.03. The first-order valence-electron chi connectivity index (χ1n) is 8.07. The summed E-state index contributed by atoms with van der Waals surface area (Å²) in [6.07, 6.45) is 3.66. The Morgan fingerprint density at radius 3 is 2.46 bits per heavy atom. The molecule has 0 fully saturated rings. The van der Waals surface area contributed by atoms with Gasteiger partial charge >= 0.3 is 0 Å². The molecule has 4 heteroatoms. The summed E-state index contributed by atoms with van der Waals surface area (Å²) in [6, 6.07) is 6.36. The molecular formula is C20H30N2OS. The number of nitrogens with zero attached hydrogens (tertiary/aromatic N) is 1. The Bertz CT molecular complexity index is 606. The summed E-state index contributed by atoms with van der Waals surface area (Å²) in [4.78, 5) is 15.5. The van der Waals surface area contributed by atoms with E-state index in [9.17, 15) is 4.79 Å². The molecule has 0 aliphatic rings. The van der Waals surface area contributed by atoms with Crippen molar-refractivity contribution in [2.45, 2.75) is 32.6 Å². The van der Waals surface area contributed by atoms with Gasteiger partial charge in [-0.05, 0) is 31.6 Å². The van der Waals surface area contributed by atoms with Crippen LogP contribution in [0.2, 0.25) is 0 Å². The highest BCUT2D eigenvalue weighted by Gasteiger charge is 2.13. The lowest BCUT2D eigenvalue weighted by Crippen LogP contribution is -2.32. The quantitative estimate of drug-likeness (QED) is 0.574. The van der Waals surface area contributed by atoms with Gasteiger partial charge in [0, 0.05) is 29.6 Å². The van der Waals surface area contributed by atoms with Gasteiger partial charge in [-0.1, -0.05) is 62.5 Å². The van der Waals surface area contributed by atoms with Gasteiger partial charge < -0.3 is 10.2 Å². The Morgan fingerprint density at radius 2 is 1.96 bits per heavy atom. The highest BCUT2D eigenvalue weighted by Crippen LogP contribution is 2.34. The molecule has 3 nitrogen and oxygen atoms in total. The van der Waals surface area contributed by atoms with E-state index in [1.165, 1.54) is 16.0 Å². The predicted molar refractivity (Wildman–Crippen MR) is 107 cm³/mol. The number of aryl methyl sites for hydroxylation is 2. The maximum atomic E-state index is 11.5. The smallest absolute Gasteiger partial charge is 0.239 e. The number of likely N-dealkylation sites (N-methyl/N-ethyl adjacent to an activating group) is 2. The molecule has 0 saturated carbocycles. The number of benzene rings is 1. The Morgan fingerprint density at radius 1 is 1.33 bits per heavy atom. The Labute approximate surface area is 151 Å². The van der Waals surface area contributed by atoms with Crippen molar-refractivity contribution >= 4 is 17.7 Å². The van der Waals surface area contributed by atoms with Crippen molar-refractivity contribution in [2.24, 2.45) is 0 Å². The highest BCUT2D eigenvalue weighted by atomic mass is 32.2. The van der Waals surface area contributed by atoms with Crippen molar-refractivity contribution in [3.63, 3.8) is 0 Å². The van der Waals surface area contributed by atoms with Gasteiger partial charge in [0.2, 0.25) is 5.91 Å². The number of carbonyl (C=O) groups is 1. The summed E-state index contributed by atoms with van der Waals surface area (Å²) < 4.78 is 0. The zero-order valence-electron chi connectivity index (χ0n) is 15.8. The third kappa shape index (κ3) is 7.09. The van der Waals surface area contributed by atoms with Crippen LogP contribution in [0, 0.1) is 13.8 Å². The van der Waals surface area contributed by atoms with E-state index in [-0.39, 0.29) is 12.5 Å². The average molecular weight is 347 g/mol. The molecule has 1 aromatic carbocycles. The second kappa shape index (κ2) is 11.6. The third-order valence-electron chi connectivity index (χ3n) is 3.22. The first-order chi connectivity index (χ1) is 11.4. The number of amides is 1. The fraction of sp³-hybridized carbons (Fsp3) is 0.350. The normalized spacial score (nSPS) is 10.3. The monoisotopic (exact) mass is 346 g/mol. The number of hydrogen-bond acceptors (Lipinski definition) is 3. The van der Waals surface area contributed by atoms with Crippen molar-refractivity contribution in [1.82, 2.24) is 10.2 Å². The molecule has 0 bridgehead atoms. The molecule has 0 unspecified atom stereocenters. The van der Waals surface area contributed by atoms with Crippen LogP contribution in [0.1, 0.15) is 25.0 Å². The van der Waals surface area contributed by atoms with E-state index in [0.717, 1.165) is 10.6 Å².